The van der Waals surface area contributed by atoms with Gasteiger partial charge in [0.15, 0.2) is 0 Å². The number of rotatable bonds is 7. The van der Waals surface area contributed by atoms with E-state index in [2.05, 4.69) is 4.72 Å². The molecule has 0 aliphatic rings. The predicted octanol–water partition coefficient (Wildman–Crippen LogP) is 0.455. The van der Waals surface area contributed by atoms with Crippen molar-refractivity contribution in [2.45, 2.75) is 17.4 Å². The molecule has 2 N–H and O–H groups in total. The number of ether oxygens (including phenoxy) is 1. The summed E-state index contributed by atoms with van der Waals surface area (Å²) in [6.07, 6.45) is 0.0674. The molecule has 1 aromatic rings. The first kappa shape index (κ1) is 14.6. The van der Waals surface area contributed by atoms with Gasteiger partial charge in [-0.1, -0.05) is 18.2 Å². The van der Waals surface area contributed by atoms with Crippen molar-refractivity contribution in [1.82, 2.24) is 4.72 Å². The lowest BCUT2D eigenvalue weighted by molar-refractivity contribution is -0.139. The molecule has 0 radical (unpaired) electrons. The number of aliphatic carboxylic acids is 1. The number of hydrogen-bond acceptors (Lipinski definition) is 4. The molecular weight excluding hydrogens is 258 g/mol. The van der Waals surface area contributed by atoms with Crippen LogP contribution in [0.4, 0.5) is 0 Å². The Balaban J connectivity index is 2.83. The van der Waals surface area contributed by atoms with Gasteiger partial charge in [-0.3, -0.25) is 4.79 Å². The van der Waals surface area contributed by atoms with Gasteiger partial charge < -0.3 is 9.84 Å². The third kappa shape index (κ3) is 4.10. The lowest BCUT2D eigenvalue weighted by atomic mass is 10.2. The zero-order valence-corrected chi connectivity index (χ0v) is 10.7. The highest BCUT2D eigenvalue weighted by Gasteiger charge is 2.24. The van der Waals surface area contributed by atoms with Gasteiger partial charge in [0.05, 0.1) is 4.90 Å². The Morgan fingerprint density at radius 2 is 2.00 bits per heavy atom. The summed E-state index contributed by atoms with van der Waals surface area (Å²) < 4.78 is 30.7. The molecule has 0 aliphatic carbocycles. The first-order valence-corrected chi connectivity index (χ1v) is 6.75. The summed E-state index contributed by atoms with van der Waals surface area (Å²) >= 11 is 0. The number of hydrogen-bond donors (Lipinski definition) is 2. The monoisotopic (exact) mass is 273 g/mol. The molecule has 1 atom stereocenters. The average molecular weight is 273 g/mol. The van der Waals surface area contributed by atoms with E-state index in [0.29, 0.717) is 0 Å². The molecule has 18 heavy (non-hydrogen) atoms. The topological polar surface area (TPSA) is 92.7 Å². The van der Waals surface area contributed by atoms with E-state index in [0.717, 1.165) is 0 Å². The normalized spacial score (nSPS) is 13.2. The van der Waals surface area contributed by atoms with Crippen molar-refractivity contribution in [2.24, 2.45) is 0 Å². The summed E-state index contributed by atoms with van der Waals surface area (Å²) in [4.78, 5) is 11.0. The Morgan fingerprint density at radius 1 is 1.39 bits per heavy atom. The third-order valence-corrected chi connectivity index (χ3v) is 3.75. The Morgan fingerprint density at radius 3 is 2.50 bits per heavy atom. The van der Waals surface area contributed by atoms with Crippen molar-refractivity contribution in [3.63, 3.8) is 0 Å². The average Bonchev–Trinajstić information content (AvgIpc) is 2.35. The SMILES string of the molecule is COCCC(NS(=O)(=O)c1ccccc1)C(=O)O. The highest BCUT2D eigenvalue weighted by molar-refractivity contribution is 7.89. The number of carboxylic acids is 1. The largest absolute Gasteiger partial charge is 0.480 e. The molecule has 0 heterocycles. The molecule has 7 heteroatoms. The second-order valence-electron chi connectivity index (χ2n) is 3.61. The minimum atomic E-state index is -3.82. The van der Waals surface area contributed by atoms with Crippen LogP contribution in [0.25, 0.3) is 0 Å². The number of nitrogens with one attached hydrogen (secondary N) is 1. The fourth-order valence-electron chi connectivity index (χ4n) is 1.32. The summed E-state index contributed by atoms with van der Waals surface area (Å²) in [7, 11) is -2.40. The first-order chi connectivity index (χ1) is 8.47. The summed E-state index contributed by atoms with van der Waals surface area (Å²) in [5.74, 6) is -1.23. The van der Waals surface area contributed by atoms with Crippen LogP contribution in [-0.2, 0) is 19.6 Å². The lowest BCUT2D eigenvalue weighted by Gasteiger charge is -2.14. The van der Waals surface area contributed by atoms with Crippen LogP contribution in [0.15, 0.2) is 35.2 Å². The Kier molecular flexibility index (Phi) is 5.26. The van der Waals surface area contributed by atoms with Gasteiger partial charge in [-0.15, -0.1) is 0 Å². The van der Waals surface area contributed by atoms with Crippen LogP contribution in [0.3, 0.4) is 0 Å². The van der Waals surface area contributed by atoms with E-state index in [-0.39, 0.29) is 17.9 Å². The number of methoxy groups -OCH3 is 1. The fourth-order valence-corrected chi connectivity index (χ4v) is 2.57. The number of carboxylic acid groups (broad SMARTS) is 1. The van der Waals surface area contributed by atoms with Gasteiger partial charge in [-0.05, 0) is 18.6 Å². The molecule has 0 aromatic heterocycles. The molecule has 1 unspecified atom stereocenters. The van der Waals surface area contributed by atoms with Crippen molar-refractivity contribution in [3.8, 4) is 0 Å². The zero-order chi connectivity index (χ0) is 13.6. The number of carbonyl (C=O) groups is 1. The van der Waals surface area contributed by atoms with Gasteiger partial charge in [-0.2, -0.15) is 4.72 Å². The van der Waals surface area contributed by atoms with Crippen LogP contribution in [0, 0.1) is 0 Å². The van der Waals surface area contributed by atoms with Gasteiger partial charge in [0, 0.05) is 13.7 Å². The second kappa shape index (κ2) is 6.48. The molecule has 0 aliphatic heterocycles. The highest BCUT2D eigenvalue weighted by Crippen LogP contribution is 2.09. The van der Waals surface area contributed by atoms with Crippen LogP contribution >= 0.6 is 0 Å². The maximum atomic E-state index is 11.9. The third-order valence-electron chi connectivity index (χ3n) is 2.26. The molecule has 100 valence electrons. The molecular formula is C11H15NO5S. The van der Waals surface area contributed by atoms with Gasteiger partial charge in [0.25, 0.3) is 0 Å². The second-order valence-corrected chi connectivity index (χ2v) is 5.32. The van der Waals surface area contributed by atoms with Crippen LogP contribution in [0.1, 0.15) is 6.42 Å². The van der Waals surface area contributed by atoms with E-state index < -0.39 is 22.0 Å². The predicted molar refractivity (Wildman–Crippen MR) is 64.7 cm³/mol. The number of sulfonamides is 1. The summed E-state index contributed by atoms with van der Waals surface area (Å²) in [5.41, 5.74) is 0. The molecule has 6 nitrogen and oxygen atoms in total. The minimum Gasteiger partial charge on any atom is -0.480 e. The van der Waals surface area contributed by atoms with Crippen LogP contribution in [-0.4, -0.2) is 39.3 Å². The lowest BCUT2D eigenvalue weighted by Crippen LogP contribution is -2.41. The quantitative estimate of drug-likeness (QED) is 0.752. The van der Waals surface area contributed by atoms with E-state index in [1.54, 1.807) is 18.2 Å². The van der Waals surface area contributed by atoms with Crippen LogP contribution in [0.5, 0.6) is 0 Å². The van der Waals surface area contributed by atoms with Crippen molar-refractivity contribution < 1.29 is 23.1 Å². The molecule has 0 saturated carbocycles. The minimum absolute atomic E-state index is 0.0358. The van der Waals surface area contributed by atoms with Gasteiger partial charge in [0.2, 0.25) is 10.0 Å². The maximum absolute atomic E-state index is 11.9. The van der Waals surface area contributed by atoms with Gasteiger partial charge in [0.1, 0.15) is 6.04 Å². The van der Waals surface area contributed by atoms with E-state index in [1.165, 1.54) is 19.2 Å². The van der Waals surface area contributed by atoms with Gasteiger partial charge >= 0.3 is 5.97 Å². The summed E-state index contributed by atoms with van der Waals surface area (Å²) in [6.45, 7) is 0.161. The Labute approximate surface area is 106 Å². The molecule has 0 saturated heterocycles. The standard InChI is InChI=1S/C11H15NO5S/c1-17-8-7-10(11(13)14)12-18(15,16)9-5-3-2-4-6-9/h2-6,10,12H,7-8H2,1H3,(H,13,14). The molecule has 1 aromatic carbocycles. The molecule has 0 amide bonds. The van der Waals surface area contributed by atoms with Gasteiger partial charge in [-0.25, -0.2) is 8.42 Å². The van der Waals surface area contributed by atoms with E-state index in [4.69, 9.17) is 9.84 Å². The van der Waals surface area contributed by atoms with E-state index in [1.807, 2.05) is 0 Å². The molecule has 0 fully saturated rings. The maximum Gasteiger partial charge on any atom is 0.321 e. The summed E-state index contributed by atoms with van der Waals surface area (Å²) in [5, 5.41) is 8.93. The fraction of sp³-hybridized carbons (Fsp3) is 0.364. The van der Waals surface area contributed by atoms with Crippen molar-refractivity contribution in [3.05, 3.63) is 30.3 Å². The van der Waals surface area contributed by atoms with Crippen LogP contribution in [0.2, 0.25) is 0 Å². The zero-order valence-electron chi connectivity index (χ0n) is 9.87. The molecule has 1 rings (SSSR count). The summed E-state index contributed by atoms with van der Waals surface area (Å²) in [6, 6.07) is 6.42. The molecule has 0 spiro atoms. The van der Waals surface area contributed by atoms with Crippen LogP contribution < -0.4 is 4.72 Å². The first-order valence-electron chi connectivity index (χ1n) is 5.26. The number of benzene rings is 1. The van der Waals surface area contributed by atoms with E-state index >= 15 is 0 Å². The Bertz CT molecular complexity index is 485. The van der Waals surface area contributed by atoms with Crippen molar-refractivity contribution >= 4 is 16.0 Å². The Hall–Kier alpha value is -1.44. The molecule has 0 bridgehead atoms. The highest BCUT2D eigenvalue weighted by atomic mass is 32.2. The smallest absolute Gasteiger partial charge is 0.321 e. The van der Waals surface area contributed by atoms with E-state index in [9.17, 15) is 13.2 Å². The van der Waals surface area contributed by atoms with Crippen molar-refractivity contribution in [2.75, 3.05) is 13.7 Å². The van der Waals surface area contributed by atoms with Crippen molar-refractivity contribution in [1.29, 1.82) is 0 Å².